The molecule has 0 amide bonds. The highest BCUT2D eigenvalue weighted by atomic mass is 35.5. The second kappa shape index (κ2) is 9.34. The summed E-state index contributed by atoms with van der Waals surface area (Å²) in [7, 11) is 5.27. The van der Waals surface area contributed by atoms with E-state index in [1.807, 2.05) is 57.7 Å². The third kappa shape index (κ3) is 3.95. The number of rotatable bonds is 6. The summed E-state index contributed by atoms with van der Waals surface area (Å²) in [6.07, 6.45) is 4.30. The minimum atomic E-state index is -0.257. The van der Waals surface area contributed by atoms with Gasteiger partial charge in [-0.1, -0.05) is 13.0 Å². The fourth-order valence-electron chi connectivity index (χ4n) is 5.08. The second-order valence-electron chi connectivity index (χ2n) is 9.10. The summed E-state index contributed by atoms with van der Waals surface area (Å²) in [5, 5.41) is 12.8. The van der Waals surface area contributed by atoms with Crippen molar-refractivity contribution in [1.82, 2.24) is 29.5 Å². The van der Waals surface area contributed by atoms with E-state index < -0.39 is 0 Å². The summed E-state index contributed by atoms with van der Waals surface area (Å²) < 4.78 is 29.5. The second-order valence-corrected chi connectivity index (χ2v) is 9.44. The molecular weight excluding hydrogens is 507 g/mol. The molecule has 0 bridgehead atoms. The molecule has 0 aliphatic rings. The van der Waals surface area contributed by atoms with Crippen molar-refractivity contribution < 1.29 is 13.9 Å². The molecule has 10 heteroatoms. The van der Waals surface area contributed by atoms with Crippen molar-refractivity contribution in [2.45, 2.75) is 13.3 Å². The normalized spacial score (nSPS) is 11.7. The molecule has 0 fully saturated rings. The number of aryl methyl sites for hydroxylation is 3. The zero-order chi connectivity index (χ0) is 26.6. The predicted molar refractivity (Wildman–Crippen MR) is 146 cm³/mol. The third-order valence-corrected chi connectivity index (χ3v) is 6.80. The molecule has 38 heavy (non-hydrogen) atoms. The van der Waals surface area contributed by atoms with Crippen molar-refractivity contribution in [1.29, 1.82) is 0 Å². The van der Waals surface area contributed by atoms with E-state index in [0.717, 1.165) is 38.2 Å². The molecule has 0 saturated carbocycles. The van der Waals surface area contributed by atoms with Crippen LogP contribution in [0.1, 0.15) is 12.5 Å². The van der Waals surface area contributed by atoms with Crippen molar-refractivity contribution in [2.24, 2.45) is 14.1 Å². The van der Waals surface area contributed by atoms with Gasteiger partial charge in [0.05, 0.1) is 5.52 Å². The molecule has 3 aromatic heterocycles. The van der Waals surface area contributed by atoms with Crippen LogP contribution in [0.5, 0.6) is 5.75 Å². The summed E-state index contributed by atoms with van der Waals surface area (Å²) in [4.78, 5) is 9.13. The van der Waals surface area contributed by atoms with Crippen LogP contribution in [-0.2, 0) is 25.3 Å². The van der Waals surface area contributed by atoms with Gasteiger partial charge in [-0.2, -0.15) is 10.2 Å². The summed E-state index contributed by atoms with van der Waals surface area (Å²) in [6, 6.07) is 10.9. The molecule has 192 valence electrons. The molecule has 0 aliphatic heterocycles. The fourth-order valence-corrected chi connectivity index (χ4v) is 5.26. The Bertz CT molecular complexity index is 1860. The number of aromatic nitrogens is 6. The van der Waals surface area contributed by atoms with Crippen molar-refractivity contribution in [3.8, 4) is 28.3 Å². The van der Waals surface area contributed by atoms with Crippen LogP contribution in [-0.4, -0.2) is 43.4 Å². The lowest BCUT2D eigenvalue weighted by atomic mass is 9.91. The first-order chi connectivity index (χ1) is 18.4. The molecule has 0 atom stereocenters. The van der Waals surface area contributed by atoms with Gasteiger partial charge in [-0.25, -0.2) is 14.4 Å². The Hall–Kier alpha value is -4.08. The maximum Gasteiger partial charge on any atom is 0.223 e. The van der Waals surface area contributed by atoms with Gasteiger partial charge in [0.2, 0.25) is 5.28 Å². The molecule has 8 nitrogen and oxygen atoms in total. The number of hydrogen-bond donors (Lipinski definition) is 0. The molecule has 0 aliphatic carbocycles. The zero-order valence-corrected chi connectivity index (χ0v) is 22.0. The van der Waals surface area contributed by atoms with E-state index in [0.29, 0.717) is 34.6 Å². The molecule has 0 spiro atoms. The van der Waals surface area contributed by atoms with E-state index in [2.05, 4.69) is 15.1 Å². The van der Waals surface area contributed by atoms with Gasteiger partial charge < -0.3 is 9.47 Å². The van der Waals surface area contributed by atoms with Gasteiger partial charge in [0.15, 0.2) is 6.79 Å². The van der Waals surface area contributed by atoms with E-state index in [4.69, 9.17) is 26.2 Å². The van der Waals surface area contributed by atoms with Crippen LogP contribution in [0.4, 0.5) is 4.39 Å². The molecule has 6 rings (SSSR count). The Labute approximate surface area is 222 Å². The van der Waals surface area contributed by atoms with Crippen LogP contribution < -0.4 is 4.74 Å². The summed E-state index contributed by atoms with van der Waals surface area (Å²) in [5.41, 5.74) is 4.83. The smallest absolute Gasteiger partial charge is 0.223 e. The van der Waals surface area contributed by atoms with Gasteiger partial charge >= 0.3 is 0 Å². The van der Waals surface area contributed by atoms with E-state index in [1.165, 1.54) is 6.07 Å². The number of ether oxygens (including phenoxy) is 2. The number of halogens is 2. The molecular formula is C28H24ClFN6O2. The van der Waals surface area contributed by atoms with E-state index in [1.54, 1.807) is 22.5 Å². The predicted octanol–water partition coefficient (Wildman–Crippen LogP) is 6.07. The van der Waals surface area contributed by atoms with Crippen molar-refractivity contribution in [3.63, 3.8) is 0 Å². The third-order valence-electron chi connectivity index (χ3n) is 6.63. The Morgan fingerprint density at radius 1 is 0.974 bits per heavy atom. The Kier molecular flexibility index (Phi) is 5.97. The number of benzene rings is 3. The number of hydrogen-bond acceptors (Lipinski definition) is 6. The number of fused-ring (bicyclic) bond motifs is 4. The Morgan fingerprint density at radius 2 is 1.82 bits per heavy atom. The molecule has 0 saturated heterocycles. The SMILES string of the molecule is CCc1c(F)ccc2cc(OCOC)cc(-c3cc4nc(Cl)nc(-c5ccn(C)n5)c4c4cn(C)nc34)c12. The molecule has 6 aromatic rings. The van der Waals surface area contributed by atoms with Crippen LogP contribution in [0.2, 0.25) is 5.28 Å². The van der Waals surface area contributed by atoms with Crippen LogP contribution in [0.3, 0.4) is 0 Å². The molecule has 3 aromatic carbocycles. The van der Waals surface area contributed by atoms with E-state index in [9.17, 15) is 0 Å². The van der Waals surface area contributed by atoms with Crippen LogP contribution in [0, 0.1) is 5.82 Å². The first-order valence-electron chi connectivity index (χ1n) is 12.1. The van der Waals surface area contributed by atoms with E-state index >= 15 is 4.39 Å². The van der Waals surface area contributed by atoms with Gasteiger partial charge in [-0.05, 0) is 70.3 Å². The lowest BCUT2D eigenvalue weighted by Gasteiger charge is -2.16. The highest BCUT2D eigenvalue weighted by Crippen LogP contribution is 2.42. The lowest BCUT2D eigenvalue weighted by molar-refractivity contribution is 0.0512. The standard InChI is InChI=1S/C28H24ClFN6O2/c1-5-17-21(30)7-6-15-10-16(38-14-37-4)11-18(24(15)17)19-12-23-25(20-13-36(3)34-26(19)20)27(32-28(29)31-23)22-8-9-35(2)33-22/h6-13H,5,14H2,1-4H3. The fraction of sp³-hybridized carbons (Fsp3) is 0.214. The topological polar surface area (TPSA) is 79.9 Å². The average Bonchev–Trinajstić information content (AvgIpc) is 3.51. The minimum absolute atomic E-state index is 0.0831. The molecule has 3 heterocycles. The van der Waals surface area contributed by atoms with Gasteiger partial charge in [0.1, 0.15) is 28.5 Å². The van der Waals surface area contributed by atoms with E-state index in [-0.39, 0.29) is 17.9 Å². The minimum Gasteiger partial charge on any atom is -0.468 e. The first kappa shape index (κ1) is 24.3. The molecule has 0 unspecified atom stereocenters. The summed E-state index contributed by atoms with van der Waals surface area (Å²) in [5.74, 6) is 0.342. The highest BCUT2D eigenvalue weighted by molar-refractivity contribution is 6.29. The van der Waals surface area contributed by atoms with Crippen molar-refractivity contribution in [2.75, 3.05) is 13.9 Å². The average molecular weight is 531 g/mol. The van der Waals surface area contributed by atoms with Crippen LogP contribution in [0.25, 0.3) is 55.1 Å². The monoisotopic (exact) mass is 530 g/mol. The van der Waals surface area contributed by atoms with Gasteiger partial charge in [-0.3, -0.25) is 9.36 Å². The number of nitrogens with zero attached hydrogens (tertiary/aromatic N) is 6. The maximum atomic E-state index is 15.1. The first-order valence-corrected chi connectivity index (χ1v) is 12.5. The highest BCUT2D eigenvalue weighted by Gasteiger charge is 2.22. The Balaban J connectivity index is 1.75. The lowest BCUT2D eigenvalue weighted by Crippen LogP contribution is -2.01. The van der Waals surface area contributed by atoms with Gasteiger partial charge in [0.25, 0.3) is 0 Å². The largest absolute Gasteiger partial charge is 0.468 e. The van der Waals surface area contributed by atoms with Crippen LogP contribution >= 0.6 is 11.6 Å². The molecule has 0 radical (unpaired) electrons. The van der Waals surface area contributed by atoms with Gasteiger partial charge in [0, 0.05) is 49.9 Å². The van der Waals surface area contributed by atoms with Crippen molar-refractivity contribution in [3.05, 3.63) is 65.5 Å². The Morgan fingerprint density at radius 3 is 2.55 bits per heavy atom. The maximum absolute atomic E-state index is 15.1. The van der Waals surface area contributed by atoms with Gasteiger partial charge in [-0.15, -0.1) is 0 Å². The summed E-state index contributed by atoms with van der Waals surface area (Å²) in [6.45, 7) is 2.03. The zero-order valence-electron chi connectivity index (χ0n) is 21.3. The summed E-state index contributed by atoms with van der Waals surface area (Å²) >= 11 is 6.42. The number of methoxy groups -OCH3 is 1. The molecule has 0 N–H and O–H groups in total. The quantitative estimate of drug-likeness (QED) is 0.192. The van der Waals surface area contributed by atoms with Crippen LogP contribution in [0.15, 0.2) is 48.8 Å². The van der Waals surface area contributed by atoms with Crippen molar-refractivity contribution >= 4 is 44.2 Å².